The summed E-state index contributed by atoms with van der Waals surface area (Å²) in [6.45, 7) is 0.690. The highest BCUT2D eigenvalue weighted by atomic mass is 35.5. The highest BCUT2D eigenvalue weighted by molar-refractivity contribution is 6.31. The second-order valence-corrected chi connectivity index (χ2v) is 6.57. The predicted octanol–water partition coefficient (Wildman–Crippen LogP) is 4.00. The number of phenols is 1. The van der Waals surface area contributed by atoms with Crippen LogP contribution in [0.1, 0.15) is 29.2 Å². The summed E-state index contributed by atoms with van der Waals surface area (Å²) in [5.41, 5.74) is 6.31. The zero-order valence-corrected chi connectivity index (χ0v) is 14.1. The normalized spacial score (nSPS) is 19.2. The summed E-state index contributed by atoms with van der Waals surface area (Å²) >= 11 is 12.3. The van der Waals surface area contributed by atoms with Crippen LogP contribution in [0.4, 0.5) is 0 Å². The number of rotatable bonds is 2. The zero-order chi connectivity index (χ0) is 16.7. The standard InChI is InChI=1S/C17H14Cl2N2O3/c18-10-1-2-16(22)12(4-10)14-6-15(21-20-14)13-5-11(19)3-9-7-23-8-24-17(9)13/h1-5,15,21-22H,6-8H2/t15-/m1/s1. The molecule has 2 heterocycles. The van der Waals surface area contributed by atoms with Crippen molar-refractivity contribution in [2.75, 3.05) is 6.79 Å². The first-order valence-electron chi connectivity index (χ1n) is 7.45. The van der Waals surface area contributed by atoms with Crippen molar-refractivity contribution in [2.24, 2.45) is 5.10 Å². The molecule has 5 nitrogen and oxygen atoms in total. The van der Waals surface area contributed by atoms with E-state index in [9.17, 15) is 5.11 Å². The molecule has 0 bridgehead atoms. The molecular formula is C17H14Cl2N2O3. The maximum atomic E-state index is 10.1. The van der Waals surface area contributed by atoms with Crippen molar-refractivity contribution in [3.8, 4) is 11.5 Å². The molecule has 1 atom stereocenters. The molecule has 0 aromatic heterocycles. The number of benzene rings is 2. The van der Waals surface area contributed by atoms with E-state index in [0.29, 0.717) is 28.6 Å². The SMILES string of the molecule is Oc1ccc(Cl)cc1C1=NN[C@@H](c2cc(Cl)cc3c2OCOC3)C1. The van der Waals surface area contributed by atoms with Crippen LogP contribution in [0.5, 0.6) is 11.5 Å². The van der Waals surface area contributed by atoms with Crippen LogP contribution >= 0.6 is 23.2 Å². The highest BCUT2D eigenvalue weighted by Gasteiger charge is 2.28. The van der Waals surface area contributed by atoms with E-state index in [0.717, 1.165) is 22.6 Å². The molecule has 24 heavy (non-hydrogen) atoms. The fraction of sp³-hybridized carbons (Fsp3) is 0.235. The van der Waals surface area contributed by atoms with Gasteiger partial charge >= 0.3 is 0 Å². The van der Waals surface area contributed by atoms with E-state index in [2.05, 4.69) is 10.5 Å². The van der Waals surface area contributed by atoms with Gasteiger partial charge < -0.3 is 20.0 Å². The minimum Gasteiger partial charge on any atom is -0.507 e. The largest absolute Gasteiger partial charge is 0.507 e. The molecule has 0 saturated heterocycles. The highest BCUT2D eigenvalue weighted by Crippen LogP contribution is 2.39. The smallest absolute Gasteiger partial charge is 0.189 e. The third-order valence-corrected chi connectivity index (χ3v) is 4.55. The summed E-state index contributed by atoms with van der Waals surface area (Å²) in [4.78, 5) is 0. The van der Waals surface area contributed by atoms with Gasteiger partial charge in [0.25, 0.3) is 0 Å². The molecule has 2 aromatic carbocycles. The molecule has 0 unspecified atom stereocenters. The number of hydrogen-bond donors (Lipinski definition) is 2. The molecule has 2 N–H and O–H groups in total. The maximum absolute atomic E-state index is 10.1. The van der Waals surface area contributed by atoms with Crippen LogP contribution in [0.15, 0.2) is 35.4 Å². The van der Waals surface area contributed by atoms with E-state index in [1.54, 1.807) is 18.2 Å². The molecule has 4 rings (SSSR count). The molecule has 2 aromatic rings. The van der Waals surface area contributed by atoms with E-state index in [1.807, 2.05) is 12.1 Å². The molecule has 0 amide bonds. The van der Waals surface area contributed by atoms with Crippen molar-refractivity contribution in [1.82, 2.24) is 5.43 Å². The Balaban J connectivity index is 1.65. The minimum absolute atomic E-state index is 0.0936. The van der Waals surface area contributed by atoms with Crippen LogP contribution < -0.4 is 10.2 Å². The number of phenolic OH excluding ortho intramolecular Hbond substituents is 1. The summed E-state index contributed by atoms with van der Waals surface area (Å²) in [7, 11) is 0. The van der Waals surface area contributed by atoms with Gasteiger partial charge in [0.15, 0.2) is 6.79 Å². The van der Waals surface area contributed by atoms with E-state index >= 15 is 0 Å². The van der Waals surface area contributed by atoms with Gasteiger partial charge in [-0.15, -0.1) is 0 Å². The van der Waals surface area contributed by atoms with Crippen LogP contribution in [0.3, 0.4) is 0 Å². The second kappa shape index (κ2) is 6.16. The Hall–Kier alpha value is -1.95. The molecule has 2 aliphatic heterocycles. The molecule has 0 saturated carbocycles. The van der Waals surface area contributed by atoms with Gasteiger partial charge in [0.2, 0.25) is 0 Å². The Morgan fingerprint density at radius 3 is 2.92 bits per heavy atom. The summed E-state index contributed by atoms with van der Waals surface area (Å²) < 4.78 is 11.0. The molecule has 0 fully saturated rings. The average molecular weight is 365 g/mol. The van der Waals surface area contributed by atoms with Crippen molar-refractivity contribution in [2.45, 2.75) is 19.1 Å². The van der Waals surface area contributed by atoms with Gasteiger partial charge in [-0.05, 0) is 30.3 Å². The molecule has 0 spiro atoms. The number of fused-ring (bicyclic) bond motifs is 1. The number of hydrazone groups is 1. The minimum atomic E-state index is -0.0936. The number of aromatic hydroxyl groups is 1. The first kappa shape index (κ1) is 15.6. The van der Waals surface area contributed by atoms with E-state index < -0.39 is 0 Å². The monoisotopic (exact) mass is 364 g/mol. The molecule has 7 heteroatoms. The summed E-state index contributed by atoms with van der Waals surface area (Å²) in [6.07, 6.45) is 0.588. The van der Waals surface area contributed by atoms with Crippen molar-refractivity contribution < 1.29 is 14.6 Å². The third-order valence-electron chi connectivity index (χ3n) is 4.10. The third kappa shape index (κ3) is 2.79. The van der Waals surface area contributed by atoms with Crippen molar-refractivity contribution >= 4 is 28.9 Å². The molecule has 2 aliphatic rings. The zero-order valence-electron chi connectivity index (χ0n) is 12.6. The van der Waals surface area contributed by atoms with Crippen LogP contribution in [0.2, 0.25) is 10.0 Å². The number of hydrogen-bond acceptors (Lipinski definition) is 5. The van der Waals surface area contributed by atoms with Crippen LogP contribution in [0.25, 0.3) is 0 Å². The van der Waals surface area contributed by atoms with Gasteiger partial charge in [-0.1, -0.05) is 23.2 Å². The Bertz CT molecular complexity index is 839. The lowest BCUT2D eigenvalue weighted by molar-refractivity contribution is -0.0173. The van der Waals surface area contributed by atoms with Crippen molar-refractivity contribution in [3.05, 3.63) is 57.1 Å². The van der Waals surface area contributed by atoms with Gasteiger partial charge in [-0.25, -0.2) is 0 Å². The van der Waals surface area contributed by atoms with E-state index in [-0.39, 0.29) is 18.6 Å². The molecule has 0 aliphatic carbocycles. The summed E-state index contributed by atoms with van der Waals surface area (Å²) in [5, 5.41) is 15.6. The molecular weight excluding hydrogens is 351 g/mol. The lowest BCUT2D eigenvalue weighted by Gasteiger charge is -2.23. The molecule has 124 valence electrons. The van der Waals surface area contributed by atoms with Gasteiger partial charge in [-0.2, -0.15) is 5.10 Å². The summed E-state index contributed by atoms with van der Waals surface area (Å²) in [6, 6.07) is 8.54. The average Bonchev–Trinajstić information content (AvgIpc) is 3.06. The Kier molecular flexibility index (Phi) is 4.00. The first-order chi connectivity index (χ1) is 11.6. The van der Waals surface area contributed by atoms with Gasteiger partial charge in [-0.3, -0.25) is 0 Å². The Morgan fingerprint density at radius 2 is 2.04 bits per heavy atom. The number of nitrogens with one attached hydrogen (secondary N) is 1. The van der Waals surface area contributed by atoms with Gasteiger partial charge in [0, 0.05) is 33.2 Å². The summed E-state index contributed by atoms with van der Waals surface area (Å²) in [5.74, 6) is 0.938. The fourth-order valence-corrected chi connectivity index (χ4v) is 3.42. The van der Waals surface area contributed by atoms with Crippen LogP contribution in [-0.4, -0.2) is 17.6 Å². The van der Waals surface area contributed by atoms with E-state index in [1.165, 1.54) is 0 Å². The van der Waals surface area contributed by atoms with Crippen molar-refractivity contribution in [1.29, 1.82) is 0 Å². The molecule has 0 radical (unpaired) electrons. The Labute approximate surface area is 148 Å². The quantitative estimate of drug-likeness (QED) is 0.844. The second-order valence-electron chi connectivity index (χ2n) is 5.70. The topological polar surface area (TPSA) is 63.1 Å². The van der Waals surface area contributed by atoms with Crippen molar-refractivity contribution in [3.63, 3.8) is 0 Å². The first-order valence-corrected chi connectivity index (χ1v) is 8.21. The van der Waals surface area contributed by atoms with E-state index in [4.69, 9.17) is 32.7 Å². The van der Waals surface area contributed by atoms with Gasteiger partial charge in [0.05, 0.1) is 18.4 Å². The fourth-order valence-electron chi connectivity index (χ4n) is 3.00. The van der Waals surface area contributed by atoms with Crippen LogP contribution in [-0.2, 0) is 11.3 Å². The van der Waals surface area contributed by atoms with Crippen LogP contribution in [0, 0.1) is 0 Å². The van der Waals surface area contributed by atoms with Gasteiger partial charge in [0.1, 0.15) is 11.5 Å². The number of ether oxygens (including phenoxy) is 2. The lowest BCUT2D eigenvalue weighted by Crippen LogP contribution is -2.17. The lowest BCUT2D eigenvalue weighted by atomic mass is 9.96. The predicted molar refractivity (Wildman–Crippen MR) is 91.9 cm³/mol. The number of halogens is 2. The maximum Gasteiger partial charge on any atom is 0.189 e. The Morgan fingerprint density at radius 1 is 1.17 bits per heavy atom. The number of nitrogens with zero attached hydrogens (tertiary/aromatic N) is 1.